The van der Waals surface area contributed by atoms with Gasteiger partial charge in [-0.15, -0.1) is 0 Å². The molecular weight excluding hydrogens is 270 g/mol. The van der Waals surface area contributed by atoms with Gasteiger partial charge in [-0.1, -0.05) is 22.9 Å². The molecule has 1 unspecified atom stereocenters. The molecule has 1 atom stereocenters. The lowest BCUT2D eigenvalue weighted by Crippen LogP contribution is -2.07. The van der Waals surface area contributed by atoms with Gasteiger partial charge in [0.2, 0.25) is 0 Å². The standard InChI is InChI=1S/C12H18BrNO2/c1-8(13)5-11-10(7-15-3)6-14-9(2)12(11)16-4/h6,8H,5,7H2,1-4H3. The van der Waals surface area contributed by atoms with Crippen molar-refractivity contribution in [3.8, 4) is 5.75 Å². The van der Waals surface area contributed by atoms with Gasteiger partial charge in [-0.3, -0.25) is 4.98 Å². The lowest BCUT2D eigenvalue weighted by molar-refractivity contribution is 0.183. The predicted molar refractivity (Wildman–Crippen MR) is 68.3 cm³/mol. The highest BCUT2D eigenvalue weighted by atomic mass is 79.9. The first-order valence-corrected chi connectivity index (χ1v) is 6.16. The summed E-state index contributed by atoms with van der Waals surface area (Å²) in [5.41, 5.74) is 3.20. The zero-order valence-electron chi connectivity index (χ0n) is 10.2. The van der Waals surface area contributed by atoms with Crippen LogP contribution in [0.2, 0.25) is 0 Å². The summed E-state index contributed by atoms with van der Waals surface area (Å²) < 4.78 is 10.6. The molecule has 1 heterocycles. The van der Waals surface area contributed by atoms with E-state index in [4.69, 9.17) is 9.47 Å². The second kappa shape index (κ2) is 6.21. The highest BCUT2D eigenvalue weighted by molar-refractivity contribution is 9.09. The van der Waals surface area contributed by atoms with E-state index >= 15 is 0 Å². The van der Waals surface area contributed by atoms with Gasteiger partial charge in [0.25, 0.3) is 0 Å². The Morgan fingerprint density at radius 1 is 1.44 bits per heavy atom. The molecule has 0 radical (unpaired) electrons. The van der Waals surface area contributed by atoms with E-state index in [0.29, 0.717) is 11.4 Å². The van der Waals surface area contributed by atoms with E-state index in [1.165, 1.54) is 5.56 Å². The number of hydrogen-bond donors (Lipinski definition) is 0. The van der Waals surface area contributed by atoms with E-state index in [0.717, 1.165) is 23.4 Å². The van der Waals surface area contributed by atoms with Crippen LogP contribution in [-0.2, 0) is 17.8 Å². The Kier molecular flexibility index (Phi) is 5.22. The summed E-state index contributed by atoms with van der Waals surface area (Å²) >= 11 is 3.57. The molecule has 1 aromatic heterocycles. The van der Waals surface area contributed by atoms with Crippen molar-refractivity contribution in [2.75, 3.05) is 14.2 Å². The van der Waals surface area contributed by atoms with Gasteiger partial charge in [0.15, 0.2) is 0 Å². The van der Waals surface area contributed by atoms with E-state index in [1.54, 1.807) is 14.2 Å². The van der Waals surface area contributed by atoms with Gasteiger partial charge in [0, 0.05) is 29.3 Å². The van der Waals surface area contributed by atoms with Crippen molar-refractivity contribution in [2.24, 2.45) is 0 Å². The Bertz CT molecular complexity index is 353. The van der Waals surface area contributed by atoms with Crippen molar-refractivity contribution in [1.29, 1.82) is 0 Å². The molecule has 4 heteroatoms. The molecule has 90 valence electrons. The largest absolute Gasteiger partial charge is 0.495 e. The van der Waals surface area contributed by atoms with Crippen molar-refractivity contribution < 1.29 is 9.47 Å². The van der Waals surface area contributed by atoms with Crippen molar-refractivity contribution in [2.45, 2.75) is 31.7 Å². The number of nitrogens with zero attached hydrogens (tertiary/aromatic N) is 1. The van der Waals surface area contributed by atoms with Crippen LogP contribution in [0.3, 0.4) is 0 Å². The van der Waals surface area contributed by atoms with Gasteiger partial charge in [-0.25, -0.2) is 0 Å². The van der Waals surface area contributed by atoms with Crippen molar-refractivity contribution >= 4 is 15.9 Å². The van der Waals surface area contributed by atoms with Gasteiger partial charge in [0.1, 0.15) is 5.75 Å². The second-order valence-electron chi connectivity index (χ2n) is 3.80. The number of rotatable bonds is 5. The van der Waals surface area contributed by atoms with Crippen LogP contribution in [0.1, 0.15) is 23.7 Å². The summed E-state index contributed by atoms with van der Waals surface area (Å²) in [5, 5.41) is 0. The van der Waals surface area contributed by atoms with Gasteiger partial charge < -0.3 is 9.47 Å². The van der Waals surface area contributed by atoms with E-state index < -0.39 is 0 Å². The molecule has 0 fully saturated rings. The number of pyridine rings is 1. The van der Waals surface area contributed by atoms with Crippen LogP contribution in [0.5, 0.6) is 5.75 Å². The van der Waals surface area contributed by atoms with E-state index in [9.17, 15) is 0 Å². The molecule has 0 aliphatic rings. The minimum atomic E-state index is 0.402. The third kappa shape index (κ3) is 3.19. The van der Waals surface area contributed by atoms with Crippen molar-refractivity contribution in [1.82, 2.24) is 4.98 Å². The van der Waals surface area contributed by atoms with E-state index in [2.05, 4.69) is 27.8 Å². The molecule has 0 saturated heterocycles. The average molecular weight is 288 g/mol. The monoisotopic (exact) mass is 287 g/mol. The zero-order valence-corrected chi connectivity index (χ0v) is 11.8. The maximum atomic E-state index is 5.43. The van der Waals surface area contributed by atoms with Gasteiger partial charge in [-0.2, -0.15) is 0 Å². The molecule has 16 heavy (non-hydrogen) atoms. The Morgan fingerprint density at radius 3 is 2.62 bits per heavy atom. The van der Waals surface area contributed by atoms with Crippen LogP contribution in [0.4, 0.5) is 0 Å². The topological polar surface area (TPSA) is 31.4 Å². The fourth-order valence-corrected chi connectivity index (χ4v) is 2.06. The quantitative estimate of drug-likeness (QED) is 0.781. The number of hydrogen-bond acceptors (Lipinski definition) is 3. The molecule has 1 rings (SSSR count). The van der Waals surface area contributed by atoms with Crippen LogP contribution in [0.15, 0.2) is 6.20 Å². The minimum Gasteiger partial charge on any atom is -0.495 e. The predicted octanol–water partition coefficient (Wildman–Crippen LogP) is 2.87. The number of alkyl halides is 1. The normalized spacial score (nSPS) is 12.6. The highest BCUT2D eigenvalue weighted by Gasteiger charge is 2.14. The van der Waals surface area contributed by atoms with E-state index in [-0.39, 0.29) is 0 Å². The first-order chi connectivity index (χ1) is 7.60. The van der Waals surface area contributed by atoms with Crippen LogP contribution in [0.25, 0.3) is 0 Å². The third-order valence-corrected chi connectivity index (χ3v) is 2.72. The molecule has 0 aliphatic carbocycles. The van der Waals surface area contributed by atoms with Crippen molar-refractivity contribution in [3.05, 3.63) is 23.0 Å². The summed E-state index contributed by atoms with van der Waals surface area (Å²) in [7, 11) is 3.37. The number of aryl methyl sites for hydroxylation is 1. The van der Waals surface area contributed by atoms with Gasteiger partial charge in [-0.05, 0) is 13.3 Å². The highest BCUT2D eigenvalue weighted by Crippen LogP contribution is 2.28. The average Bonchev–Trinajstić information content (AvgIpc) is 2.22. The Labute approximate surface area is 105 Å². The maximum Gasteiger partial charge on any atom is 0.143 e. The van der Waals surface area contributed by atoms with Gasteiger partial charge >= 0.3 is 0 Å². The van der Waals surface area contributed by atoms with Gasteiger partial charge in [0.05, 0.1) is 19.4 Å². The fourth-order valence-electron chi connectivity index (χ4n) is 1.73. The molecule has 0 N–H and O–H groups in total. The number of aromatic nitrogens is 1. The summed E-state index contributed by atoms with van der Waals surface area (Å²) in [6, 6.07) is 0. The summed E-state index contributed by atoms with van der Waals surface area (Å²) in [6.07, 6.45) is 2.78. The SMILES string of the molecule is COCc1cnc(C)c(OC)c1CC(C)Br. The van der Waals surface area contributed by atoms with Crippen LogP contribution in [-0.4, -0.2) is 24.0 Å². The molecule has 0 aromatic carbocycles. The first-order valence-electron chi connectivity index (χ1n) is 5.24. The second-order valence-corrected chi connectivity index (χ2v) is 5.36. The smallest absolute Gasteiger partial charge is 0.143 e. The van der Waals surface area contributed by atoms with Crippen LogP contribution >= 0.6 is 15.9 Å². The van der Waals surface area contributed by atoms with E-state index in [1.807, 2.05) is 13.1 Å². The molecule has 0 saturated carbocycles. The van der Waals surface area contributed by atoms with Crippen LogP contribution in [0, 0.1) is 6.92 Å². The molecule has 1 aromatic rings. The first kappa shape index (κ1) is 13.5. The molecule has 0 amide bonds. The molecule has 0 spiro atoms. The van der Waals surface area contributed by atoms with Crippen LogP contribution < -0.4 is 4.74 Å². The zero-order chi connectivity index (χ0) is 12.1. The molecule has 3 nitrogen and oxygen atoms in total. The fraction of sp³-hybridized carbons (Fsp3) is 0.583. The molecular formula is C12H18BrNO2. The Balaban J connectivity index is 3.17. The Morgan fingerprint density at radius 2 is 2.12 bits per heavy atom. The Hall–Kier alpha value is -0.610. The number of halogens is 1. The number of ether oxygens (including phenoxy) is 2. The molecule has 0 bridgehead atoms. The van der Waals surface area contributed by atoms with Crippen molar-refractivity contribution in [3.63, 3.8) is 0 Å². The third-order valence-electron chi connectivity index (χ3n) is 2.39. The summed E-state index contributed by atoms with van der Waals surface area (Å²) in [6.45, 7) is 4.64. The number of methoxy groups -OCH3 is 2. The lowest BCUT2D eigenvalue weighted by Gasteiger charge is -2.16. The lowest BCUT2D eigenvalue weighted by atomic mass is 10.0. The maximum absolute atomic E-state index is 5.43. The summed E-state index contributed by atoms with van der Waals surface area (Å²) in [4.78, 5) is 4.72. The molecule has 0 aliphatic heterocycles. The minimum absolute atomic E-state index is 0.402. The summed E-state index contributed by atoms with van der Waals surface area (Å²) in [5.74, 6) is 0.876.